The van der Waals surface area contributed by atoms with Crippen LogP contribution in [0.2, 0.25) is 5.02 Å². The van der Waals surface area contributed by atoms with E-state index in [1.807, 2.05) is 32.2 Å². The summed E-state index contributed by atoms with van der Waals surface area (Å²) in [6, 6.07) is 11.7. The van der Waals surface area contributed by atoms with E-state index in [4.69, 9.17) is 21.1 Å². The van der Waals surface area contributed by atoms with Crippen LogP contribution in [0, 0.1) is 17.8 Å². The van der Waals surface area contributed by atoms with Crippen LogP contribution in [0.25, 0.3) is 0 Å². The highest BCUT2D eigenvalue weighted by Gasteiger charge is 2.50. The molecule has 3 aliphatic heterocycles. The molecule has 5 aliphatic rings. The second-order valence-corrected chi connectivity index (χ2v) is 18.0. The maximum Gasteiger partial charge on any atom is 0.264 e. The van der Waals surface area contributed by atoms with Gasteiger partial charge in [-0.05, 0) is 131 Å². The average Bonchev–Trinajstić information content (AvgIpc) is 3.22. The zero-order valence-electron chi connectivity index (χ0n) is 29.3. The molecule has 10 heteroatoms. The van der Waals surface area contributed by atoms with Crippen LogP contribution in [0.5, 0.6) is 5.75 Å². The van der Waals surface area contributed by atoms with E-state index in [0.717, 1.165) is 81.3 Å². The molecule has 1 amide bonds. The van der Waals surface area contributed by atoms with Gasteiger partial charge in [0.25, 0.3) is 5.91 Å². The Morgan fingerprint density at radius 3 is 2.63 bits per heavy atom. The number of allylic oxidation sites excluding steroid dienone is 1. The van der Waals surface area contributed by atoms with Crippen LogP contribution in [-0.4, -0.2) is 76.5 Å². The molecular formula is C39H52ClN3O5S. The minimum atomic E-state index is -3.93. The number of benzene rings is 2. The van der Waals surface area contributed by atoms with Gasteiger partial charge in [-0.25, -0.2) is 13.1 Å². The normalized spacial score (nSPS) is 34.0. The van der Waals surface area contributed by atoms with Crippen LogP contribution in [0.1, 0.15) is 86.7 Å². The van der Waals surface area contributed by atoms with Crippen molar-refractivity contribution < 1.29 is 22.7 Å². The molecule has 49 heavy (non-hydrogen) atoms. The SMILES string of the molecule is CO[C@]1(CN2CCCCC2)/C=C\C[C@H](C)[C@@H](C)S(=O)(=O)NC(=O)c2ccc3c(c2)N(C[C@@H]2CC[C@H]21)C[C@@]1(CCCc2cc(Cl)ccc21)CO3. The Morgan fingerprint density at radius 2 is 1.88 bits per heavy atom. The van der Waals surface area contributed by atoms with Crippen molar-refractivity contribution in [3.05, 3.63) is 70.3 Å². The second-order valence-electron chi connectivity index (χ2n) is 15.5. The smallest absolute Gasteiger partial charge is 0.264 e. The molecule has 266 valence electrons. The molecule has 1 saturated heterocycles. The molecule has 2 bridgehead atoms. The third-order valence-corrected chi connectivity index (χ3v) is 14.7. The van der Waals surface area contributed by atoms with Gasteiger partial charge in [-0.15, -0.1) is 0 Å². The lowest BCUT2D eigenvalue weighted by Gasteiger charge is -2.52. The van der Waals surface area contributed by atoms with Gasteiger partial charge in [0, 0.05) is 42.7 Å². The molecule has 0 aromatic heterocycles. The number of hydrogen-bond donors (Lipinski definition) is 1. The highest BCUT2D eigenvalue weighted by molar-refractivity contribution is 7.90. The lowest BCUT2D eigenvalue weighted by atomic mass is 9.63. The van der Waals surface area contributed by atoms with Gasteiger partial charge in [-0.1, -0.05) is 43.2 Å². The van der Waals surface area contributed by atoms with Gasteiger partial charge in [0.2, 0.25) is 10.0 Å². The van der Waals surface area contributed by atoms with E-state index in [1.165, 1.54) is 30.4 Å². The van der Waals surface area contributed by atoms with Crippen molar-refractivity contribution in [1.82, 2.24) is 9.62 Å². The summed E-state index contributed by atoms with van der Waals surface area (Å²) in [7, 11) is -2.08. The largest absolute Gasteiger partial charge is 0.490 e. The number of sulfonamides is 1. The maximum absolute atomic E-state index is 13.6. The van der Waals surface area contributed by atoms with Crippen molar-refractivity contribution in [1.29, 1.82) is 0 Å². The molecule has 3 heterocycles. The number of nitrogens with zero attached hydrogens (tertiary/aromatic N) is 2. The first-order chi connectivity index (χ1) is 23.5. The summed E-state index contributed by atoms with van der Waals surface area (Å²) in [5.41, 5.74) is 3.00. The quantitative estimate of drug-likeness (QED) is 0.353. The molecule has 7 rings (SSSR count). The minimum Gasteiger partial charge on any atom is -0.490 e. The fourth-order valence-electron chi connectivity index (χ4n) is 9.27. The Balaban J connectivity index is 1.32. The summed E-state index contributed by atoms with van der Waals surface area (Å²) in [4.78, 5) is 18.6. The first-order valence-electron chi connectivity index (χ1n) is 18.3. The van der Waals surface area contributed by atoms with Crippen molar-refractivity contribution in [3.8, 4) is 5.75 Å². The molecule has 6 atom stereocenters. The summed E-state index contributed by atoms with van der Waals surface area (Å²) in [5, 5.41) is -0.00665. The van der Waals surface area contributed by atoms with Gasteiger partial charge in [0.15, 0.2) is 0 Å². The maximum atomic E-state index is 13.6. The van der Waals surface area contributed by atoms with E-state index in [-0.39, 0.29) is 11.3 Å². The molecule has 2 aromatic rings. The van der Waals surface area contributed by atoms with Crippen LogP contribution >= 0.6 is 11.6 Å². The Labute approximate surface area is 297 Å². The van der Waals surface area contributed by atoms with E-state index < -0.39 is 26.8 Å². The number of hydrogen-bond acceptors (Lipinski definition) is 7. The number of nitrogens with one attached hydrogen (secondary N) is 1. The number of fused-ring (bicyclic) bond motifs is 4. The highest BCUT2D eigenvalue weighted by atomic mass is 35.5. The first kappa shape index (κ1) is 34.8. The topological polar surface area (TPSA) is 88.2 Å². The highest BCUT2D eigenvalue weighted by Crippen LogP contribution is 2.49. The summed E-state index contributed by atoms with van der Waals surface area (Å²) in [6.07, 6.45) is 13.9. The number of likely N-dealkylation sites (tertiary alicyclic amines) is 1. The zero-order chi connectivity index (χ0) is 34.4. The molecule has 8 nitrogen and oxygen atoms in total. The van der Waals surface area contributed by atoms with Crippen LogP contribution in [-0.2, 0) is 26.6 Å². The van der Waals surface area contributed by atoms with Crippen LogP contribution < -0.4 is 14.4 Å². The Bertz CT molecular complexity index is 1690. The lowest BCUT2D eigenvalue weighted by Crippen LogP contribution is -2.57. The van der Waals surface area contributed by atoms with Gasteiger partial charge < -0.3 is 19.3 Å². The predicted molar refractivity (Wildman–Crippen MR) is 195 cm³/mol. The summed E-state index contributed by atoms with van der Waals surface area (Å²) >= 11 is 6.48. The number of ether oxygens (including phenoxy) is 2. The number of aryl methyl sites for hydroxylation is 1. The third kappa shape index (κ3) is 6.77. The van der Waals surface area contributed by atoms with Gasteiger partial charge in [0.05, 0.1) is 17.5 Å². The summed E-state index contributed by atoms with van der Waals surface area (Å²) < 4.78 is 42.8. The number of halogens is 1. The number of anilines is 1. The van der Waals surface area contributed by atoms with Crippen molar-refractivity contribution in [3.63, 3.8) is 0 Å². The Kier molecular flexibility index (Phi) is 9.85. The predicted octanol–water partition coefficient (Wildman–Crippen LogP) is 6.75. The monoisotopic (exact) mass is 709 g/mol. The first-order valence-corrected chi connectivity index (χ1v) is 20.3. The van der Waals surface area contributed by atoms with Crippen molar-refractivity contribution in [2.24, 2.45) is 17.8 Å². The molecule has 2 aliphatic carbocycles. The zero-order valence-corrected chi connectivity index (χ0v) is 30.8. The van der Waals surface area contributed by atoms with Crippen LogP contribution in [0.4, 0.5) is 5.69 Å². The average molecular weight is 710 g/mol. The molecule has 2 fully saturated rings. The van der Waals surface area contributed by atoms with Crippen molar-refractivity contribution in [2.75, 3.05) is 51.3 Å². The van der Waals surface area contributed by atoms with E-state index in [1.54, 1.807) is 13.0 Å². The molecule has 1 N–H and O–H groups in total. The second kappa shape index (κ2) is 13.9. The van der Waals surface area contributed by atoms with Crippen LogP contribution in [0.3, 0.4) is 0 Å². The Morgan fingerprint density at radius 1 is 1.06 bits per heavy atom. The third-order valence-electron chi connectivity index (χ3n) is 12.5. The van der Waals surface area contributed by atoms with Crippen molar-refractivity contribution >= 4 is 33.2 Å². The molecular weight excluding hydrogens is 658 g/mol. The van der Waals surface area contributed by atoms with E-state index in [2.05, 4.69) is 38.8 Å². The molecule has 0 radical (unpaired) electrons. The van der Waals surface area contributed by atoms with E-state index >= 15 is 0 Å². The van der Waals surface area contributed by atoms with Crippen LogP contribution in [0.15, 0.2) is 48.6 Å². The summed E-state index contributed by atoms with van der Waals surface area (Å²) in [5.74, 6) is 0.585. The van der Waals surface area contributed by atoms with Gasteiger partial charge in [-0.3, -0.25) is 4.79 Å². The fourth-order valence-corrected chi connectivity index (χ4v) is 10.8. The fraction of sp³-hybridized carbons (Fsp3) is 0.615. The summed E-state index contributed by atoms with van der Waals surface area (Å²) in [6.45, 7) is 8.67. The number of carbonyl (C=O) groups excluding carboxylic acids is 1. The molecule has 2 aromatic carbocycles. The van der Waals surface area contributed by atoms with Gasteiger partial charge in [0.1, 0.15) is 11.4 Å². The number of piperidine rings is 1. The number of carbonyl (C=O) groups is 1. The standard InChI is InChI=1S/C39H52ClN3O5S/c1-27-9-7-18-39(47-3,25-42-19-5-4-6-20-42)34-14-11-31(34)23-43-24-38(17-8-10-29-21-32(40)13-15-33(29)38)26-48-36-16-12-30(22-35(36)43)37(44)41-49(45,46)28(27)2/h7,12-13,15-16,18,21-22,27-28,31,34H,4-6,8-11,14,17,19-20,23-26H2,1-3H3,(H,41,44)/b18-7-/t27-,28+,31-,34+,38-,39-/m0/s1. The minimum absolute atomic E-state index is 0.198. The molecule has 0 unspecified atom stereocenters. The van der Waals surface area contributed by atoms with Gasteiger partial charge >= 0.3 is 0 Å². The van der Waals surface area contributed by atoms with Crippen molar-refractivity contribution in [2.45, 2.75) is 87.9 Å². The number of methoxy groups -OCH3 is 1. The lowest BCUT2D eigenvalue weighted by molar-refractivity contribution is -0.0932. The van der Waals surface area contributed by atoms with E-state index in [0.29, 0.717) is 30.4 Å². The number of amides is 1. The Hall–Kier alpha value is -2.59. The van der Waals surface area contributed by atoms with Gasteiger partial charge in [-0.2, -0.15) is 0 Å². The van der Waals surface area contributed by atoms with E-state index in [9.17, 15) is 13.2 Å². The number of rotatable bonds is 3. The molecule has 1 spiro atoms. The molecule has 1 saturated carbocycles.